The van der Waals surface area contributed by atoms with Crippen LogP contribution in [-0.4, -0.2) is 26.0 Å². The number of rotatable bonds is 7. The van der Waals surface area contributed by atoms with Crippen molar-refractivity contribution in [3.8, 4) is 0 Å². The Hall–Kier alpha value is -1.54. The molecule has 0 aromatic heterocycles. The number of carbonyl (C=O) groups is 1. The van der Waals surface area contributed by atoms with Gasteiger partial charge in [-0.15, -0.1) is 0 Å². The first-order valence-corrected chi connectivity index (χ1v) is 7.86. The van der Waals surface area contributed by atoms with Crippen LogP contribution in [0.5, 0.6) is 0 Å². The molecule has 0 saturated heterocycles. The third-order valence-electron chi connectivity index (χ3n) is 2.81. The molecule has 1 aromatic rings. The van der Waals surface area contributed by atoms with Crippen molar-refractivity contribution in [3.63, 3.8) is 0 Å². The number of nitrogens with one attached hydrogen (secondary N) is 1. The summed E-state index contributed by atoms with van der Waals surface area (Å²) in [5.74, 6) is -4.38. The molecule has 0 bridgehead atoms. The van der Waals surface area contributed by atoms with Gasteiger partial charge in [-0.1, -0.05) is 13.8 Å². The van der Waals surface area contributed by atoms with Gasteiger partial charge in [-0.2, -0.15) is 0 Å². The van der Waals surface area contributed by atoms with E-state index in [0.29, 0.717) is 24.5 Å². The van der Waals surface area contributed by atoms with Crippen LogP contribution in [0, 0.1) is 17.6 Å². The molecule has 0 heterocycles. The van der Waals surface area contributed by atoms with Crippen LogP contribution in [0.3, 0.4) is 0 Å². The molecular weight excluding hydrogens is 304 g/mol. The second kappa shape index (κ2) is 6.95. The molecule has 5 nitrogen and oxygen atoms in total. The lowest BCUT2D eigenvalue weighted by Crippen LogP contribution is -2.26. The fourth-order valence-corrected chi connectivity index (χ4v) is 2.89. The number of benzene rings is 1. The molecule has 0 saturated carbocycles. The lowest BCUT2D eigenvalue weighted by Gasteiger charge is -2.10. The van der Waals surface area contributed by atoms with Gasteiger partial charge >= 0.3 is 5.97 Å². The van der Waals surface area contributed by atoms with E-state index in [9.17, 15) is 22.0 Å². The van der Waals surface area contributed by atoms with Crippen molar-refractivity contribution in [1.82, 2.24) is 4.72 Å². The van der Waals surface area contributed by atoms with Gasteiger partial charge in [0.25, 0.3) is 0 Å². The Bertz CT molecular complexity index is 629. The fourth-order valence-electron chi connectivity index (χ4n) is 1.73. The van der Waals surface area contributed by atoms with E-state index in [4.69, 9.17) is 5.11 Å². The second-order valence-electron chi connectivity index (χ2n) is 4.97. The molecule has 0 unspecified atom stereocenters. The maximum atomic E-state index is 13.9. The van der Waals surface area contributed by atoms with Gasteiger partial charge in [0.1, 0.15) is 16.3 Å². The number of carboxylic acid groups (broad SMARTS) is 1. The predicted octanol–water partition coefficient (Wildman–Crippen LogP) is 2.38. The molecule has 8 heteroatoms. The van der Waals surface area contributed by atoms with Crippen LogP contribution in [0.2, 0.25) is 0 Å². The summed E-state index contributed by atoms with van der Waals surface area (Å²) in [4.78, 5) is 9.89. The number of sulfonamides is 1. The highest BCUT2D eigenvalue weighted by molar-refractivity contribution is 7.89. The number of halogens is 2. The average Bonchev–Trinajstić information content (AvgIpc) is 2.33. The van der Waals surface area contributed by atoms with Gasteiger partial charge in [0.2, 0.25) is 10.0 Å². The quantitative estimate of drug-likeness (QED) is 0.755. The van der Waals surface area contributed by atoms with Gasteiger partial charge in [0.15, 0.2) is 5.82 Å². The molecule has 118 valence electrons. The van der Waals surface area contributed by atoms with Crippen molar-refractivity contribution >= 4 is 16.0 Å². The molecule has 2 N–H and O–H groups in total. The number of carboxylic acids is 1. The van der Waals surface area contributed by atoms with E-state index in [2.05, 4.69) is 4.72 Å². The molecule has 0 fully saturated rings. The summed E-state index contributed by atoms with van der Waals surface area (Å²) < 4.78 is 53.1. The van der Waals surface area contributed by atoms with Crippen molar-refractivity contribution < 1.29 is 27.1 Å². The van der Waals surface area contributed by atoms with Crippen LogP contribution < -0.4 is 4.72 Å². The van der Waals surface area contributed by atoms with Gasteiger partial charge < -0.3 is 5.11 Å². The van der Waals surface area contributed by atoms with Crippen molar-refractivity contribution in [2.75, 3.05) is 6.54 Å². The molecule has 0 aliphatic heterocycles. The van der Waals surface area contributed by atoms with Crippen LogP contribution >= 0.6 is 0 Å². The fraction of sp³-hybridized carbons (Fsp3) is 0.462. The molecule has 1 aromatic carbocycles. The van der Waals surface area contributed by atoms with E-state index >= 15 is 0 Å². The zero-order chi connectivity index (χ0) is 16.2. The third-order valence-corrected chi connectivity index (χ3v) is 4.29. The SMILES string of the molecule is CC(C)CCCNS(=O)(=O)c1ccc(F)c(C(=O)O)c1F. The number of aromatic carboxylic acids is 1. The molecule has 21 heavy (non-hydrogen) atoms. The van der Waals surface area contributed by atoms with Gasteiger partial charge in [-0.25, -0.2) is 26.7 Å². The highest BCUT2D eigenvalue weighted by Gasteiger charge is 2.26. The van der Waals surface area contributed by atoms with E-state index in [1.807, 2.05) is 13.8 Å². The maximum Gasteiger partial charge on any atom is 0.341 e. The largest absolute Gasteiger partial charge is 0.477 e. The average molecular weight is 321 g/mol. The van der Waals surface area contributed by atoms with Crippen LogP contribution in [0.1, 0.15) is 37.0 Å². The van der Waals surface area contributed by atoms with Crippen LogP contribution in [0.25, 0.3) is 0 Å². The Labute approximate surface area is 122 Å². The van der Waals surface area contributed by atoms with E-state index in [1.165, 1.54) is 0 Å². The summed E-state index contributed by atoms with van der Waals surface area (Å²) in [6, 6.07) is 1.33. The highest BCUT2D eigenvalue weighted by atomic mass is 32.2. The Kier molecular flexibility index (Phi) is 5.79. The first-order valence-electron chi connectivity index (χ1n) is 6.37. The lowest BCUT2D eigenvalue weighted by atomic mass is 10.1. The predicted molar refractivity (Wildman–Crippen MR) is 72.6 cm³/mol. The lowest BCUT2D eigenvalue weighted by molar-refractivity contribution is 0.0685. The smallest absolute Gasteiger partial charge is 0.341 e. The standard InChI is InChI=1S/C13H17F2NO4S/c1-8(2)4-3-7-16-21(19,20)10-6-5-9(14)11(12(10)15)13(17)18/h5-6,8,16H,3-4,7H2,1-2H3,(H,17,18). The highest BCUT2D eigenvalue weighted by Crippen LogP contribution is 2.21. The van der Waals surface area contributed by atoms with E-state index in [0.717, 1.165) is 6.42 Å². The van der Waals surface area contributed by atoms with Crippen LogP contribution in [0.15, 0.2) is 17.0 Å². The maximum absolute atomic E-state index is 13.9. The Morgan fingerprint density at radius 2 is 1.95 bits per heavy atom. The Morgan fingerprint density at radius 3 is 2.48 bits per heavy atom. The first-order chi connectivity index (χ1) is 9.66. The molecule has 0 radical (unpaired) electrons. The summed E-state index contributed by atoms with van der Waals surface area (Å²) in [6.45, 7) is 4.06. The van der Waals surface area contributed by atoms with Crippen LogP contribution in [-0.2, 0) is 10.0 Å². The zero-order valence-corrected chi connectivity index (χ0v) is 12.5. The van der Waals surface area contributed by atoms with Crippen molar-refractivity contribution in [1.29, 1.82) is 0 Å². The normalized spacial score (nSPS) is 11.9. The Balaban J connectivity index is 2.99. The molecular formula is C13H17F2NO4S. The second-order valence-corrected chi connectivity index (χ2v) is 6.71. The van der Waals surface area contributed by atoms with E-state index in [1.54, 1.807) is 0 Å². The van der Waals surface area contributed by atoms with Crippen molar-refractivity contribution in [2.24, 2.45) is 5.92 Å². The summed E-state index contributed by atoms with van der Waals surface area (Å²) in [7, 11) is -4.22. The van der Waals surface area contributed by atoms with Gasteiger partial charge in [0.05, 0.1) is 0 Å². The van der Waals surface area contributed by atoms with Crippen molar-refractivity contribution in [2.45, 2.75) is 31.6 Å². The van der Waals surface area contributed by atoms with Gasteiger partial charge in [-0.3, -0.25) is 0 Å². The van der Waals surface area contributed by atoms with Gasteiger partial charge in [0, 0.05) is 6.54 Å². The molecule has 0 aliphatic carbocycles. The van der Waals surface area contributed by atoms with E-state index in [-0.39, 0.29) is 6.54 Å². The summed E-state index contributed by atoms with van der Waals surface area (Å²) in [5.41, 5.74) is -1.28. The minimum absolute atomic E-state index is 0.0970. The summed E-state index contributed by atoms with van der Waals surface area (Å²) in [6.07, 6.45) is 1.35. The molecule has 1 rings (SSSR count). The Morgan fingerprint density at radius 1 is 1.33 bits per heavy atom. The molecule has 0 spiro atoms. The van der Waals surface area contributed by atoms with Crippen molar-refractivity contribution in [3.05, 3.63) is 29.3 Å². The minimum Gasteiger partial charge on any atom is -0.477 e. The monoisotopic (exact) mass is 321 g/mol. The number of hydrogen-bond acceptors (Lipinski definition) is 3. The number of hydrogen-bond donors (Lipinski definition) is 2. The van der Waals surface area contributed by atoms with Crippen LogP contribution in [0.4, 0.5) is 8.78 Å². The third kappa shape index (κ3) is 4.47. The van der Waals surface area contributed by atoms with Gasteiger partial charge in [-0.05, 0) is 30.9 Å². The molecule has 0 atom stereocenters. The summed E-state index contributed by atoms with van der Waals surface area (Å²) >= 11 is 0. The zero-order valence-electron chi connectivity index (χ0n) is 11.7. The summed E-state index contributed by atoms with van der Waals surface area (Å²) in [5, 5.41) is 8.72. The first kappa shape index (κ1) is 17.5. The minimum atomic E-state index is -4.22. The molecule has 0 amide bonds. The topological polar surface area (TPSA) is 83.5 Å². The molecule has 0 aliphatic rings. The van der Waals surface area contributed by atoms with E-state index < -0.39 is 38.1 Å².